The van der Waals surface area contributed by atoms with Crippen LogP contribution in [0.15, 0.2) is 40.5 Å². The van der Waals surface area contributed by atoms with Crippen LogP contribution in [0.25, 0.3) is 0 Å². The molecule has 0 unspecified atom stereocenters. The number of nitrogens with zero attached hydrogens (tertiary/aromatic N) is 4. The van der Waals surface area contributed by atoms with Gasteiger partial charge in [0.25, 0.3) is 5.69 Å². The van der Waals surface area contributed by atoms with E-state index < -0.39 is 15.5 Å². The SMILES string of the molecule is O=[N+]([O-])c1ccccc1Sc1ncnc(Cl)c1[N+](=O)[O-]. The molecule has 0 aliphatic rings. The fourth-order valence-electron chi connectivity index (χ4n) is 1.37. The van der Waals surface area contributed by atoms with Gasteiger partial charge in [-0.3, -0.25) is 20.2 Å². The van der Waals surface area contributed by atoms with E-state index in [1.807, 2.05) is 0 Å². The van der Waals surface area contributed by atoms with Gasteiger partial charge < -0.3 is 0 Å². The smallest absolute Gasteiger partial charge is 0.258 e. The van der Waals surface area contributed by atoms with Crippen molar-refractivity contribution in [3.05, 3.63) is 56.0 Å². The molecule has 0 amide bonds. The zero-order valence-electron chi connectivity index (χ0n) is 9.59. The summed E-state index contributed by atoms with van der Waals surface area (Å²) < 4.78 is 0. The van der Waals surface area contributed by atoms with E-state index in [0.717, 1.165) is 18.1 Å². The number of halogens is 1. The quantitative estimate of drug-likeness (QED) is 0.484. The highest BCUT2D eigenvalue weighted by Crippen LogP contribution is 2.39. The van der Waals surface area contributed by atoms with Gasteiger partial charge in [0.1, 0.15) is 6.33 Å². The molecule has 20 heavy (non-hydrogen) atoms. The van der Waals surface area contributed by atoms with Gasteiger partial charge in [0, 0.05) is 6.07 Å². The minimum absolute atomic E-state index is 0.0516. The molecule has 0 bridgehead atoms. The Kier molecular flexibility index (Phi) is 4.11. The van der Waals surface area contributed by atoms with Crippen LogP contribution < -0.4 is 0 Å². The normalized spacial score (nSPS) is 10.2. The van der Waals surface area contributed by atoms with Crippen LogP contribution in [-0.4, -0.2) is 19.8 Å². The van der Waals surface area contributed by atoms with E-state index in [9.17, 15) is 20.2 Å². The third-order valence-corrected chi connectivity index (χ3v) is 3.53. The van der Waals surface area contributed by atoms with Gasteiger partial charge in [-0.2, -0.15) is 0 Å². The van der Waals surface area contributed by atoms with E-state index >= 15 is 0 Å². The molecule has 0 saturated heterocycles. The number of nitro benzene ring substituents is 1. The monoisotopic (exact) mass is 312 g/mol. The Morgan fingerprint density at radius 1 is 1.10 bits per heavy atom. The number of hydrogen-bond acceptors (Lipinski definition) is 7. The van der Waals surface area contributed by atoms with E-state index in [1.54, 1.807) is 6.07 Å². The van der Waals surface area contributed by atoms with Gasteiger partial charge in [0.15, 0.2) is 5.03 Å². The summed E-state index contributed by atoms with van der Waals surface area (Å²) in [5, 5.41) is 21.5. The molecular weight excluding hydrogens is 308 g/mol. The van der Waals surface area contributed by atoms with E-state index in [-0.39, 0.29) is 20.8 Å². The lowest BCUT2D eigenvalue weighted by Crippen LogP contribution is -1.97. The van der Waals surface area contributed by atoms with Gasteiger partial charge in [-0.1, -0.05) is 35.5 Å². The van der Waals surface area contributed by atoms with Crippen molar-refractivity contribution in [2.24, 2.45) is 0 Å². The second-order valence-corrected chi connectivity index (χ2v) is 4.79. The minimum Gasteiger partial charge on any atom is -0.258 e. The topological polar surface area (TPSA) is 112 Å². The first-order valence-electron chi connectivity index (χ1n) is 5.07. The number of para-hydroxylation sites is 1. The van der Waals surface area contributed by atoms with Crippen LogP contribution in [0, 0.1) is 20.2 Å². The summed E-state index contributed by atoms with van der Waals surface area (Å²) in [6.07, 6.45) is 1.06. The van der Waals surface area contributed by atoms with Crippen LogP contribution in [0.1, 0.15) is 0 Å². The molecule has 0 aliphatic carbocycles. The average Bonchev–Trinajstić information content (AvgIpc) is 2.38. The summed E-state index contributed by atoms with van der Waals surface area (Å²) in [5.74, 6) is 0. The Morgan fingerprint density at radius 3 is 2.45 bits per heavy atom. The second-order valence-electron chi connectivity index (χ2n) is 3.40. The zero-order valence-corrected chi connectivity index (χ0v) is 11.2. The molecule has 10 heteroatoms. The average molecular weight is 313 g/mol. The van der Waals surface area contributed by atoms with Gasteiger partial charge >= 0.3 is 5.69 Å². The molecule has 0 N–H and O–H groups in total. The molecule has 1 heterocycles. The summed E-state index contributed by atoms with van der Waals surface area (Å²) in [4.78, 5) is 28.1. The number of hydrogen-bond donors (Lipinski definition) is 0. The first-order valence-corrected chi connectivity index (χ1v) is 6.26. The van der Waals surface area contributed by atoms with Crippen molar-refractivity contribution in [2.75, 3.05) is 0 Å². The zero-order chi connectivity index (χ0) is 14.7. The van der Waals surface area contributed by atoms with Crippen molar-refractivity contribution in [2.45, 2.75) is 9.92 Å². The Balaban J connectivity index is 2.49. The summed E-state index contributed by atoms with van der Waals surface area (Å²) in [5.41, 5.74) is -0.640. The van der Waals surface area contributed by atoms with Crippen LogP contribution in [0.5, 0.6) is 0 Å². The van der Waals surface area contributed by atoms with Gasteiger partial charge in [0.05, 0.1) is 14.7 Å². The highest BCUT2D eigenvalue weighted by molar-refractivity contribution is 7.99. The first kappa shape index (κ1) is 14.2. The molecule has 2 rings (SSSR count). The van der Waals surface area contributed by atoms with Crippen LogP contribution in [-0.2, 0) is 0 Å². The van der Waals surface area contributed by atoms with E-state index in [4.69, 9.17) is 11.6 Å². The fourth-order valence-corrected chi connectivity index (χ4v) is 2.60. The molecule has 0 atom stereocenters. The maximum absolute atomic E-state index is 10.9. The van der Waals surface area contributed by atoms with Crippen molar-refractivity contribution in [1.29, 1.82) is 0 Å². The Bertz CT molecular complexity index is 697. The maximum Gasteiger partial charge on any atom is 0.338 e. The highest BCUT2D eigenvalue weighted by atomic mass is 35.5. The number of benzene rings is 1. The van der Waals surface area contributed by atoms with Crippen LogP contribution in [0.2, 0.25) is 5.15 Å². The molecule has 0 aliphatic heterocycles. The molecule has 102 valence electrons. The van der Waals surface area contributed by atoms with E-state index in [1.165, 1.54) is 18.2 Å². The minimum atomic E-state index is -0.723. The predicted molar refractivity (Wildman–Crippen MR) is 70.9 cm³/mol. The molecule has 8 nitrogen and oxygen atoms in total. The Morgan fingerprint density at radius 2 is 1.80 bits per heavy atom. The lowest BCUT2D eigenvalue weighted by atomic mass is 10.3. The van der Waals surface area contributed by atoms with Gasteiger partial charge in [-0.25, -0.2) is 9.97 Å². The summed E-state index contributed by atoms with van der Waals surface area (Å²) >= 11 is 6.45. The third kappa shape index (κ3) is 2.83. The van der Waals surface area contributed by atoms with Crippen molar-refractivity contribution >= 4 is 34.7 Å². The first-order chi connectivity index (χ1) is 9.50. The molecule has 0 fully saturated rings. The molecule has 1 aromatic carbocycles. The van der Waals surface area contributed by atoms with Crippen molar-refractivity contribution < 1.29 is 9.85 Å². The molecule has 0 saturated carbocycles. The molecular formula is C10H5ClN4O4S. The van der Waals surface area contributed by atoms with Crippen molar-refractivity contribution in [3.8, 4) is 0 Å². The summed E-state index contributed by atoms with van der Waals surface area (Å²) in [6.45, 7) is 0. The largest absolute Gasteiger partial charge is 0.338 e. The van der Waals surface area contributed by atoms with Gasteiger partial charge in [0.2, 0.25) is 5.15 Å². The number of nitro groups is 2. The van der Waals surface area contributed by atoms with E-state index in [2.05, 4.69) is 9.97 Å². The summed E-state index contributed by atoms with van der Waals surface area (Å²) in [6, 6.07) is 5.87. The maximum atomic E-state index is 10.9. The van der Waals surface area contributed by atoms with Crippen LogP contribution in [0.3, 0.4) is 0 Å². The van der Waals surface area contributed by atoms with Gasteiger partial charge in [-0.05, 0) is 6.07 Å². The van der Waals surface area contributed by atoms with Gasteiger partial charge in [-0.15, -0.1) is 0 Å². The second kappa shape index (κ2) is 5.80. The number of aromatic nitrogens is 2. The lowest BCUT2D eigenvalue weighted by Gasteiger charge is -2.03. The lowest BCUT2D eigenvalue weighted by molar-refractivity contribution is -0.388. The molecule has 1 aromatic heterocycles. The molecule has 0 spiro atoms. The Hall–Kier alpha value is -2.26. The third-order valence-electron chi connectivity index (χ3n) is 2.20. The predicted octanol–water partition coefficient (Wildman–Crippen LogP) is 3.10. The van der Waals surface area contributed by atoms with Crippen LogP contribution >= 0.6 is 23.4 Å². The Labute approximate surface area is 121 Å². The van der Waals surface area contributed by atoms with E-state index in [0.29, 0.717) is 0 Å². The summed E-state index contributed by atoms with van der Waals surface area (Å²) in [7, 11) is 0. The van der Waals surface area contributed by atoms with Crippen molar-refractivity contribution in [3.63, 3.8) is 0 Å². The molecule has 0 radical (unpaired) electrons. The van der Waals surface area contributed by atoms with Crippen molar-refractivity contribution in [1.82, 2.24) is 9.97 Å². The fraction of sp³-hybridized carbons (Fsp3) is 0. The molecule has 2 aromatic rings. The highest BCUT2D eigenvalue weighted by Gasteiger charge is 2.24. The van der Waals surface area contributed by atoms with Crippen LogP contribution in [0.4, 0.5) is 11.4 Å². The standard InChI is InChI=1S/C10H5ClN4O4S/c11-9-8(15(18)19)10(13-5-12-9)20-7-4-2-1-3-6(7)14(16)17/h1-5H. The number of rotatable bonds is 4.